The van der Waals surface area contributed by atoms with Crippen LogP contribution in [0, 0.1) is 0 Å². The third-order valence-electron chi connectivity index (χ3n) is 6.98. The standard InChI is InChI=1S/C28H37N5O4/c1-3-4-5-15-33-27(35)24-12-7-21(20-25(24)30-28(33)36)26(34)29-13-6-14-31-16-18-32(19-17-31)22-8-10-23(37-2)11-9-22/h7-12,20H,3-6,13-19H2,1-2H3,(H,29,34)(H,30,36). The highest BCUT2D eigenvalue weighted by Gasteiger charge is 2.17. The van der Waals surface area contributed by atoms with Crippen LogP contribution in [-0.4, -0.2) is 66.7 Å². The second-order valence-corrected chi connectivity index (χ2v) is 9.49. The van der Waals surface area contributed by atoms with E-state index in [1.165, 1.54) is 10.3 Å². The van der Waals surface area contributed by atoms with E-state index in [9.17, 15) is 14.4 Å². The first-order valence-electron chi connectivity index (χ1n) is 13.2. The number of carbonyl (C=O) groups is 1. The number of benzene rings is 2. The summed E-state index contributed by atoms with van der Waals surface area (Å²) in [5.74, 6) is 0.654. The van der Waals surface area contributed by atoms with Crippen molar-refractivity contribution in [2.45, 2.75) is 39.2 Å². The van der Waals surface area contributed by atoms with Gasteiger partial charge in [0.1, 0.15) is 5.75 Å². The Bertz CT molecular complexity index is 1310. The van der Waals surface area contributed by atoms with Crippen molar-refractivity contribution in [2.24, 2.45) is 0 Å². The van der Waals surface area contributed by atoms with Crippen molar-refractivity contribution in [1.82, 2.24) is 19.8 Å². The molecular weight excluding hydrogens is 470 g/mol. The van der Waals surface area contributed by atoms with Gasteiger partial charge in [0, 0.05) is 50.5 Å². The predicted octanol–water partition coefficient (Wildman–Crippen LogP) is 2.83. The summed E-state index contributed by atoms with van der Waals surface area (Å²) in [5.41, 5.74) is 1.29. The molecule has 0 spiro atoms. The molecule has 1 aliphatic rings. The molecule has 2 N–H and O–H groups in total. The Balaban J connectivity index is 1.24. The molecule has 2 heterocycles. The van der Waals surface area contributed by atoms with Crippen molar-refractivity contribution in [3.63, 3.8) is 0 Å². The van der Waals surface area contributed by atoms with Gasteiger partial charge in [0.15, 0.2) is 0 Å². The molecule has 0 radical (unpaired) electrons. The summed E-state index contributed by atoms with van der Waals surface area (Å²) in [6, 6.07) is 13.0. The van der Waals surface area contributed by atoms with Gasteiger partial charge >= 0.3 is 5.69 Å². The maximum absolute atomic E-state index is 12.7. The number of anilines is 1. The summed E-state index contributed by atoms with van der Waals surface area (Å²) in [7, 11) is 1.67. The number of amides is 1. The van der Waals surface area contributed by atoms with E-state index < -0.39 is 5.69 Å². The number of H-pyrrole nitrogens is 1. The zero-order valence-corrected chi connectivity index (χ0v) is 21.8. The van der Waals surface area contributed by atoms with Crippen LogP contribution in [-0.2, 0) is 6.54 Å². The molecule has 0 bridgehead atoms. The minimum atomic E-state index is -0.432. The lowest BCUT2D eigenvalue weighted by Gasteiger charge is -2.36. The number of methoxy groups -OCH3 is 1. The van der Waals surface area contributed by atoms with Gasteiger partial charge in [-0.3, -0.25) is 19.1 Å². The van der Waals surface area contributed by atoms with Crippen LogP contribution in [0.25, 0.3) is 10.9 Å². The first kappa shape index (κ1) is 26.5. The fourth-order valence-corrected chi connectivity index (χ4v) is 4.75. The van der Waals surface area contributed by atoms with Crippen molar-refractivity contribution in [3.05, 3.63) is 68.9 Å². The molecule has 9 nitrogen and oxygen atoms in total. The normalized spacial score (nSPS) is 14.2. The number of hydrogen-bond acceptors (Lipinski definition) is 6. The van der Waals surface area contributed by atoms with Gasteiger partial charge in [-0.25, -0.2) is 4.79 Å². The van der Waals surface area contributed by atoms with Crippen LogP contribution < -0.4 is 26.2 Å². The van der Waals surface area contributed by atoms with Crippen LogP contribution in [0.2, 0.25) is 0 Å². The van der Waals surface area contributed by atoms with Crippen molar-refractivity contribution in [2.75, 3.05) is 51.3 Å². The number of carbonyl (C=O) groups excluding carboxylic acids is 1. The maximum atomic E-state index is 12.7. The van der Waals surface area contributed by atoms with Crippen LogP contribution in [0.15, 0.2) is 52.1 Å². The number of aromatic nitrogens is 2. The van der Waals surface area contributed by atoms with Crippen molar-refractivity contribution < 1.29 is 9.53 Å². The number of hydrogen-bond donors (Lipinski definition) is 2. The summed E-state index contributed by atoms with van der Waals surface area (Å²) in [5, 5.41) is 3.38. The number of fused-ring (bicyclic) bond motifs is 1. The van der Waals surface area contributed by atoms with Crippen molar-refractivity contribution in [3.8, 4) is 5.75 Å². The molecule has 1 amide bonds. The molecule has 0 saturated carbocycles. The highest BCUT2D eigenvalue weighted by molar-refractivity contribution is 5.97. The Morgan fingerprint density at radius 1 is 0.973 bits per heavy atom. The maximum Gasteiger partial charge on any atom is 0.328 e. The van der Waals surface area contributed by atoms with Gasteiger partial charge < -0.3 is 19.9 Å². The Morgan fingerprint density at radius 2 is 1.73 bits per heavy atom. The van der Waals surface area contributed by atoms with Crippen molar-refractivity contribution in [1.29, 1.82) is 0 Å². The highest BCUT2D eigenvalue weighted by Crippen LogP contribution is 2.20. The quantitative estimate of drug-likeness (QED) is 0.387. The number of nitrogens with one attached hydrogen (secondary N) is 2. The molecule has 1 aromatic heterocycles. The Hall–Kier alpha value is -3.59. The SMILES string of the molecule is CCCCCn1c(=O)[nH]c2cc(C(=O)NCCCN3CCN(c4ccc(OC)cc4)CC3)ccc2c1=O. The molecule has 4 rings (SSSR count). The third kappa shape index (κ3) is 6.60. The summed E-state index contributed by atoms with van der Waals surface area (Å²) in [4.78, 5) is 45.4. The lowest BCUT2D eigenvalue weighted by atomic mass is 10.1. The molecule has 0 aliphatic carbocycles. The van der Waals surface area contributed by atoms with Gasteiger partial charge in [-0.1, -0.05) is 19.8 Å². The van der Waals surface area contributed by atoms with Crippen LogP contribution in [0.3, 0.4) is 0 Å². The fraction of sp³-hybridized carbons (Fsp3) is 0.464. The minimum absolute atomic E-state index is 0.209. The molecule has 2 aromatic carbocycles. The Labute approximate surface area is 217 Å². The smallest absolute Gasteiger partial charge is 0.328 e. The monoisotopic (exact) mass is 507 g/mol. The summed E-state index contributed by atoms with van der Waals surface area (Å²) in [6.45, 7) is 7.84. The number of unbranched alkanes of at least 4 members (excludes halogenated alkanes) is 2. The number of piperazine rings is 1. The van der Waals surface area contributed by atoms with E-state index in [4.69, 9.17) is 4.74 Å². The molecule has 1 fully saturated rings. The number of rotatable bonds is 11. The van der Waals surface area contributed by atoms with Gasteiger partial charge in [-0.15, -0.1) is 0 Å². The Kier molecular flexibility index (Phi) is 9.00. The van der Waals surface area contributed by atoms with Crippen LogP contribution in [0.4, 0.5) is 5.69 Å². The average Bonchev–Trinajstić information content (AvgIpc) is 2.93. The number of aromatic amines is 1. The lowest BCUT2D eigenvalue weighted by Crippen LogP contribution is -2.47. The first-order chi connectivity index (χ1) is 18.0. The van der Waals surface area contributed by atoms with Crippen LogP contribution >= 0.6 is 0 Å². The van der Waals surface area contributed by atoms with Crippen molar-refractivity contribution >= 4 is 22.5 Å². The van der Waals surface area contributed by atoms with Gasteiger partial charge in [-0.05, 0) is 61.9 Å². The second kappa shape index (κ2) is 12.6. The van der Waals surface area contributed by atoms with Gasteiger partial charge in [-0.2, -0.15) is 0 Å². The zero-order valence-electron chi connectivity index (χ0n) is 21.8. The van der Waals surface area contributed by atoms with Gasteiger partial charge in [0.25, 0.3) is 11.5 Å². The van der Waals surface area contributed by atoms with E-state index in [0.717, 1.165) is 64.2 Å². The van der Waals surface area contributed by atoms with E-state index in [2.05, 4.69) is 39.2 Å². The summed E-state index contributed by atoms with van der Waals surface area (Å²) in [6.07, 6.45) is 3.61. The number of nitrogens with zero attached hydrogens (tertiary/aromatic N) is 3. The molecule has 198 valence electrons. The average molecular weight is 508 g/mol. The minimum Gasteiger partial charge on any atom is -0.497 e. The third-order valence-corrected chi connectivity index (χ3v) is 6.98. The predicted molar refractivity (Wildman–Crippen MR) is 147 cm³/mol. The molecular formula is C28H37N5O4. The molecule has 37 heavy (non-hydrogen) atoms. The van der Waals surface area contributed by atoms with E-state index in [0.29, 0.717) is 29.6 Å². The highest BCUT2D eigenvalue weighted by atomic mass is 16.5. The van der Waals surface area contributed by atoms with E-state index >= 15 is 0 Å². The second-order valence-electron chi connectivity index (χ2n) is 9.49. The molecule has 3 aromatic rings. The summed E-state index contributed by atoms with van der Waals surface area (Å²) >= 11 is 0. The first-order valence-corrected chi connectivity index (χ1v) is 13.2. The Morgan fingerprint density at radius 3 is 2.43 bits per heavy atom. The van der Waals surface area contributed by atoms with Gasteiger partial charge in [0.05, 0.1) is 18.0 Å². The molecule has 0 unspecified atom stereocenters. The number of ether oxygens (including phenoxy) is 1. The lowest BCUT2D eigenvalue weighted by molar-refractivity contribution is 0.0951. The summed E-state index contributed by atoms with van der Waals surface area (Å²) < 4.78 is 6.48. The van der Waals surface area contributed by atoms with Crippen LogP contribution in [0.1, 0.15) is 43.0 Å². The topological polar surface area (TPSA) is 99.7 Å². The zero-order chi connectivity index (χ0) is 26.2. The molecule has 1 saturated heterocycles. The largest absolute Gasteiger partial charge is 0.497 e. The molecule has 1 aliphatic heterocycles. The van der Waals surface area contributed by atoms with E-state index in [1.807, 2.05) is 12.1 Å². The van der Waals surface area contributed by atoms with E-state index in [1.54, 1.807) is 25.3 Å². The van der Waals surface area contributed by atoms with Gasteiger partial charge in [0.2, 0.25) is 0 Å². The molecule has 0 atom stereocenters. The van der Waals surface area contributed by atoms with E-state index in [-0.39, 0.29) is 11.5 Å². The fourth-order valence-electron chi connectivity index (χ4n) is 4.75. The molecule has 9 heteroatoms. The van der Waals surface area contributed by atoms with Crippen LogP contribution in [0.5, 0.6) is 5.75 Å².